The van der Waals surface area contributed by atoms with Crippen molar-refractivity contribution in [1.29, 1.82) is 0 Å². The van der Waals surface area contributed by atoms with Crippen LogP contribution in [-0.2, 0) is 6.54 Å². The summed E-state index contributed by atoms with van der Waals surface area (Å²) in [5, 5.41) is 4.39. The molecule has 8 heteroatoms. The zero-order valence-electron chi connectivity index (χ0n) is 13.3. The molecule has 126 valence electrons. The quantitative estimate of drug-likeness (QED) is 0.673. The molecule has 1 aliphatic heterocycles. The van der Waals surface area contributed by atoms with E-state index < -0.39 is 0 Å². The molecule has 0 aromatic carbocycles. The predicted molar refractivity (Wildman–Crippen MR) is 100 cm³/mol. The van der Waals surface area contributed by atoms with Crippen LogP contribution in [0.3, 0.4) is 0 Å². The largest absolute Gasteiger partial charge is 0.366 e. The number of rotatable bonds is 4. The minimum absolute atomic E-state index is 0.0359. The van der Waals surface area contributed by atoms with E-state index in [9.17, 15) is 4.79 Å². The first-order chi connectivity index (χ1) is 11.7. The third kappa shape index (κ3) is 3.24. The summed E-state index contributed by atoms with van der Waals surface area (Å²) >= 11 is 2.16. The maximum Gasteiger partial charge on any atom is 0.282 e. The number of piperazine rings is 1. The van der Waals surface area contributed by atoms with E-state index in [1.54, 1.807) is 17.1 Å². The van der Waals surface area contributed by atoms with Gasteiger partial charge < -0.3 is 9.80 Å². The molecule has 1 aliphatic carbocycles. The Morgan fingerprint density at radius 1 is 1.08 bits per heavy atom. The lowest BCUT2D eigenvalue weighted by Crippen LogP contribution is -2.48. The lowest BCUT2D eigenvalue weighted by atomic mass is 10.3. The fourth-order valence-electron chi connectivity index (χ4n) is 2.95. The van der Waals surface area contributed by atoms with E-state index in [2.05, 4.69) is 47.5 Å². The van der Waals surface area contributed by atoms with E-state index in [0.717, 1.165) is 47.9 Å². The van der Waals surface area contributed by atoms with E-state index in [0.29, 0.717) is 5.92 Å². The van der Waals surface area contributed by atoms with Crippen molar-refractivity contribution in [2.24, 2.45) is 5.92 Å². The molecule has 1 saturated carbocycles. The standard InChI is InChI=1S/C16H19IN6O/c17-14-13(10-20-23(15(14)24)11-12-2-3-12)21-6-8-22(9-7-21)16-18-4-1-5-19-16/h1,4-5,10,12H,2-3,6-9,11H2. The summed E-state index contributed by atoms with van der Waals surface area (Å²) in [4.78, 5) is 25.5. The molecular formula is C16H19IN6O. The molecule has 0 amide bonds. The van der Waals surface area contributed by atoms with Crippen molar-refractivity contribution in [2.45, 2.75) is 19.4 Å². The number of hydrogen-bond acceptors (Lipinski definition) is 6. The fraction of sp³-hybridized carbons (Fsp3) is 0.500. The van der Waals surface area contributed by atoms with E-state index in [1.807, 2.05) is 12.3 Å². The fourth-order valence-corrected chi connectivity index (χ4v) is 3.71. The van der Waals surface area contributed by atoms with Gasteiger partial charge >= 0.3 is 0 Å². The van der Waals surface area contributed by atoms with E-state index >= 15 is 0 Å². The van der Waals surface area contributed by atoms with Crippen molar-refractivity contribution in [3.8, 4) is 0 Å². The molecule has 2 aromatic heterocycles. The van der Waals surface area contributed by atoms with Crippen LogP contribution in [0.25, 0.3) is 0 Å². The molecule has 0 spiro atoms. The van der Waals surface area contributed by atoms with E-state index in [-0.39, 0.29) is 5.56 Å². The third-order valence-electron chi connectivity index (χ3n) is 4.55. The van der Waals surface area contributed by atoms with E-state index in [1.165, 1.54) is 12.8 Å². The topological polar surface area (TPSA) is 67.2 Å². The van der Waals surface area contributed by atoms with Crippen molar-refractivity contribution in [3.05, 3.63) is 38.6 Å². The molecule has 0 bridgehead atoms. The molecule has 7 nitrogen and oxygen atoms in total. The van der Waals surface area contributed by atoms with Gasteiger partial charge in [0.1, 0.15) is 3.57 Å². The Labute approximate surface area is 153 Å². The Balaban J connectivity index is 1.47. The van der Waals surface area contributed by atoms with Gasteiger partial charge in [0, 0.05) is 45.1 Å². The second-order valence-corrected chi connectivity index (χ2v) is 7.38. The van der Waals surface area contributed by atoms with Crippen molar-refractivity contribution in [1.82, 2.24) is 19.7 Å². The highest BCUT2D eigenvalue weighted by Gasteiger charge is 2.25. The molecule has 0 radical (unpaired) electrons. The highest BCUT2D eigenvalue weighted by molar-refractivity contribution is 14.1. The van der Waals surface area contributed by atoms with Crippen LogP contribution in [0.5, 0.6) is 0 Å². The van der Waals surface area contributed by atoms with Crippen LogP contribution >= 0.6 is 22.6 Å². The third-order valence-corrected chi connectivity index (χ3v) is 5.56. The average molecular weight is 438 g/mol. The number of nitrogens with zero attached hydrogens (tertiary/aromatic N) is 6. The molecule has 1 saturated heterocycles. The molecule has 4 rings (SSSR count). The molecule has 0 N–H and O–H groups in total. The predicted octanol–water partition coefficient (Wildman–Crippen LogP) is 1.37. The van der Waals surface area contributed by atoms with Gasteiger partial charge in [-0.3, -0.25) is 4.79 Å². The highest BCUT2D eigenvalue weighted by Crippen LogP contribution is 2.30. The van der Waals surface area contributed by atoms with Crippen molar-refractivity contribution >= 4 is 34.2 Å². The van der Waals surface area contributed by atoms with Gasteiger partial charge in [0.15, 0.2) is 0 Å². The second kappa shape index (κ2) is 6.66. The summed E-state index contributed by atoms with van der Waals surface area (Å²) in [7, 11) is 0. The lowest BCUT2D eigenvalue weighted by molar-refractivity contribution is 0.528. The monoisotopic (exact) mass is 438 g/mol. The highest BCUT2D eigenvalue weighted by atomic mass is 127. The van der Waals surface area contributed by atoms with Crippen LogP contribution in [0, 0.1) is 9.49 Å². The van der Waals surface area contributed by atoms with Crippen LogP contribution in [0.4, 0.5) is 11.6 Å². The first kappa shape index (κ1) is 15.8. The minimum atomic E-state index is 0.0359. The van der Waals surface area contributed by atoms with Crippen molar-refractivity contribution in [2.75, 3.05) is 36.0 Å². The van der Waals surface area contributed by atoms with Gasteiger partial charge in [0.25, 0.3) is 5.56 Å². The van der Waals surface area contributed by atoms with Gasteiger partial charge in [-0.2, -0.15) is 5.10 Å². The first-order valence-electron chi connectivity index (χ1n) is 8.25. The summed E-state index contributed by atoms with van der Waals surface area (Å²) in [6.45, 7) is 4.11. The first-order valence-corrected chi connectivity index (χ1v) is 9.33. The van der Waals surface area contributed by atoms with Crippen LogP contribution in [0.2, 0.25) is 0 Å². The van der Waals surface area contributed by atoms with Crippen molar-refractivity contribution in [3.63, 3.8) is 0 Å². The Morgan fingerprint density at radius 3 is 2.42 bits per heavy atom. The molecule has 0 atom stereocenters. The van der Waals surface area contributed by atoms with Gasteiger partial charge in [-0.25, -0.2) is 14.6 Å². The molecule has 0 unspecified atom stereocenters. The van der Waals surface area contributed by atoms with Crippen LogP contribution in [0.1, 0.15) is 12.8 Å². The average Bonchev–Trinajstić information content (AvgIpc) is 3.44. The van der Waals surface area contributed by atoms with Gasteiger partial charge in [-0.1, -0.05) is 0 Å². The Bertz CT molecular complexity index is 768. The minimum Gasteiger partial charge on any atom is -0.366 e. The summed E-state index contributed by atoms with van der Waals surface area (Å²) in [5.41, 5.74) is 0.982. The number of anilines is 2. The number of aromatic nitrogens is 4. The smallest absolute Gasteiger partial charge is 0.282 e. The maximum atomic E-state index is 12.5. The van der Waals surface area contributed by atoms with Crippen LogP contribution < -0.4 is 15.4 Å². The Kier molecular flexibility index (Phi) is 4.38. The normalized spacial score (nSPS) is 18.0. The molecular weight excluding hydrogens is 419 g/mol. The maximum absolute atomic E-state index is 12.5. The number of halogens is 1. The van der Waals surface area contributed by atoms with Crippen LogP contribution in [0.15, 0.2) is 29.5 Å². The molecule has 2 aliphatic rings. The molecule has 24 heavy (non-hydrogen) atoms. The molecule has 2 aromatic rings. The second-order valence-electron chi connectivity index (χ2n) is 6.30. The van der Waals surface area contributed by atoms with Crippen molar-refractivity contribution < 1.29 is 0 Å². The zero-order chi connectivity index (χ0) is 16.5. The molecule has 2 fully saturated rings. The summed E-state index contributed by atoms with van der Waals surface area (Å²) in [6.07, 6.45) is 7.81. The number of hydrogen-bond donors (Lipinski definition) is 0. The summed E-state index contributed by atoms with van der Waals surface area (Å²) in [6, 6.07) is 1.82. The SMILES string of the molecule is O=c1c(I)c(N2CCN(c3ncccn3)CC2)cnn1CC1CC1. The van der Waals surface area contributed by atoms with Gasteiger partial charge in [0.2, 0.25) is 5.95 Å². The lowest BCUT2D eigenvalue weighted by Gasteiger charge is -2.36. The van der Waals surface area contributed by atoms with Gasteiger partial charge in [-0.05, 0) is 47.4 Å². The Morgan fingerprint density at radius 2 is 1.75 bits per heavy atom. The Hall–Kier alpha value is -1.71. The van der Waals surface area contributed by atoms with Gasteiger partial charge in [-0.15, -0.1) is 0 Å². The zero-order valence-corrected chi connectivity index (χ0v) is 15.5. The van der Waals surface area contributed by atoms with E-state index in [4.69, 9.17) is 0 Å². The molecule has 3 heterocycles. The van der Waals surface area contributed by atoms with Gasteiger partial charge in [0.05, 0.1) is 11.9 Å². The summed E-state index contributed by atoms with van der Waals surface area (Å²) in [5.74, 6) is 1.41. The summed E-state index contributed by atoms with van der Waals surface area (Å²) < 4.78 is 2.39. The van der Waals surface area contributed by atoms with Crippen LogP contribution in [-0.4, -0.2) is 45.9 Å².